The van der Waals surface area contributed by atoms with Crippen molar-refractivity contribution in [3.63, 3.8) is 0 Å². The molecule has 4 N–H and O–H groups in total. The Morgan fingerprint density at radius 1 is 1.10 bits per heavy atom. The normalized spacial score (nSPS) is 23.4. The highest BCUT2D eigenvalue weighted by Gasteiger charge is 2.67. The number of anilines is 1. The van der Waals surface area contributed by atoms with Gasteiger partial charge >= 0.3 is 0 Å². The summed E-state index contributed by atoms with van der Waals surface area (Å²) < 4.78 is 83.5. The second kappa shape index (κ2) is 9.38. The van der Waals surface area contributed by atoms with Gasteiger partial charge in [0.1, 0.15) is 6.33 Å². The van der Waals surface area contributed by atoms with Crippen molar-refractivity contribution < 1.29 is 25.5 Å². The summed E-state index contributed by atoms with van der Waals surface area (Å²) >= 11 is 0. The van der Waals surface area contributed by atoms with Crippen LogP contribution in [0.4, 0.5) is 5.82 Å². The third-order valence-corrected chi connectivity index (χ3v) is 9.39. The molecule has 7 rings (SSSR count). The van der Waals surface area contributed by atoms with E-state index in [0.29, 0.717) is 25.7 Å². The Hall–Kier alpha value is -3.90. The number of nitrogens with two attached hydrogens (primary N) is 1. The fraction of sp³-hybridized carbons (Fsp3) is 0.280. The van der Waals surface area contributed by atoms with Gasteiger partial charge in [-0.2, -0.15) is 13.5 Å². The van der Waals surface area contributed by atoms with Gasteiger partial charge in [0, 0.05) is 34.5 Å². The van der Waals surface area contributed by atoms with Crippen LogP contribution >= 0.6 is 0 Å². The lowest BCUT2D eigenvalue weighted by Crippen LogP contribution is -2.57. The zero-order chi connectivity index (χ0) is 30.6. The SMILES string of the molecule is O=S(=O)(O)c1ccccc1.[2H]C([2H])([2H])c1ccc(S(=O)(=O)NC23CCC([N+]#[C-])(C2)C3)cc1-c1cnc2c(N)ncnn12. The molecule has 0 spiro atoms. The lowest BCUT2D eigenvalue weighted by atomic mass is 9.72. The second-order valence-corrected chi connectivity index (χ2v) is 12.7. The minimum absolute atomic E-state index is 0.0369. The molecule has 3 aliphatic carbocycles. The van der Waals surface area contributed by atoms with Crippen molar-refractivity contribution in [2.75, 3.05) is 5.73 Å². The molecule has 2 aromatic heterocycles. The number of imidazole rings is 1. The molecule has 0 amide bonds. The summed E-state index contributed by atoms with van der Waals surface area (Å²) in [5.41, 5.74) is 5.41. The summed E-state index contributed by atoms with van der Waals surface area (Å²) in [5.74, 6) is 0.112. The van der Waals surface area contributed by atoms with Gasteiger partial charge in [-0.1, -0.05) is 24.3 Å². The molecule has 14 heteroatoms. The molecular formula is C25H25N7O5S2. The lowest BCUT2D eigenvalue weighted by molar-refractivity contribution is 0.218. The third-order valence-electron chi connectivity index (χ3n) is 6.94. The lowest BCUT2D eigenvalue weighted by Gasteiger charge is -2.39. The Morgan fingerprint density at radius 3 is 2.46 bits per heavy atom. The maximum atomic E-state index is 13.2. The van der Waals surface area contributed by atoms with E-state index in [1.54, 1.807) is 18.2 Å². The fourth-order valence-electron chi connectivity index (χ4n) is 5.15. The number of fused-ring (bicyclic) bond motifs is 2. The predicted molar refractivity (Wildman–Crippen MR) is 142 cm³/mol. The van der Waals surface area contributed by atoms with E-state index < -0.39 is 38.1 Å². The molecular weight excluding hydrogens is 542 g/mol. The Labute approximate surface area is 229 Å². The molecule has 202 valence electrons. The van der Waals surface area contributed by atoms with Crippen LogP contribution in [-0.4, -0.2) is 52.0 Å². The van der Waals surface area contributed by atoms with Gasteiger partial charge in [0.25, 0.3) is 10.1 Å². The van der Waals surface area contributed by atoms with Gasteiger partial charge in [-0.05, 0) is 43.1 Å². The fourth-order valence-corrected chi connectivity index (χ4v) is 7.10. The number of aromatic nitrogens is 4. The summed E-state index contributed by atoms with van der Waals surface area (Å²) in [4.78, 5) is 11.6. The number of sulfonamides is 1. The zero-order valence-electron chi connectivity index (χ0n) is 23.3. The van der Waals surface area contributed by atoms with Crippen LogP contribution in [0.15, 0.2) is 70.8 Å². The molecule has 0 unspecified atom stereocenters. The van der Waals surface area contributed by atoms with E-state index in [9.17, 15) is 16.8 Å². The van der Waals surface area contributed by atoms with Gasteiger partial charge in [-0.3, -0.25) is 4.55 Å². The van der Waals surface area contributed by atoms with Crippen molar-refractivity contribution in [3.05, 3.63) is 78.0 Å². The van der Waals surface area contributed by atoms with Crippen molar-refractivity contribution in [1.29, 1.82) is 0 Å². The van der Waals surface area contributed by atoms with E-state index >= 15 is 0 Å². The predicted octanol–water partition coefficient (Wildman–Crippen LogP) is 2.88. The summed E-state index contributed by atoms with van der Waals surface area (Å²) in [7, 11) is -7.96. The second-order valence-electron chi connectivity index (χ2n) is 9.60. The standard InChI is InChI=1S/C19H19N7O2S.C6H6O3S/c1-12-3-4-13(29(27,28)25-19-6-5-18(9-19,10-19)21-2)7-14(12)15-8-22-17-16(20)23-11-24-26(15)17;7-10(8,9)6-4-2-1-3-5-6/h3-4,7-8,11,25H,5-6,9-10H2,1H3,(H2,20,23,24);1-5H,(H,7,8,9)/i1D3;. The number of hydrogen-bond donors (Lipinski definition) is 3. The topological polar surface area (TPSA) is 174 Å². The molecule has 4 aromatic rings. The first-order chi connectivity index (χ1) is 19.6. The van der Waals surface area contributed by atoms with Crippen LogP contribution < -0.4 is 10.5 Å². The number of nitrogens with zero attached hydrogens (tertiary/aromatic N) is 5. The number of aryl methyl sites for hydroxylation is 1. The molecule has 3 saturated carbocycles. The van der Waals surface area contributed by atoms with Crippen LogP contribution in [0.2, 0.25) is 0 Å². The van der Waals surface area contributed by atoms with Crippen LogP contribution in [0.3, 0.4) is 0 Å². The van der Waals surface area contributed by atoms with Crippen molar-refractivity contribution in [2.45, 2.75) is 53.4 Å². The van der Waals surface area contributed by atoms with Gasteiger partial charge in [-0.25, -0.2) is 34.2 Å². The van der Waals surface area contributed by atoms with Gasteiger partial charge in [0.2, 0.25) is 15.6 Å². The summed E-state index contributed by atoms with van der Waals surface area (Å²) in [5, 5.41) is 4.10. The maximum absolute atomic E-state index is 13.2. The van der Waals surface area contributed by atoms with Crippen molar-refractivity contribution in [2.24, 2.45) is 0 Å². The molecule has 0 aliphatic heterocycles. The quantitative estimate of drug-likeness (QED) is 0.241. The van der Waals surface area contributed by atoms with Crippen molar-refractivity contribution in [1.82, 2.24) is 24.3 Å². The number of benzene rings is 2. The van der Waals surface area contributed by atoms with E-state index in [2.05, 4.69) is 24.6 Å². The monoisotopic (exact) mass is 570 g/mol. The van der Waals surface area contributed by atoms with Crippen molar-refractivity contribution in [3.8, 4) is 11.3 Å². The molecule has 3 aliphatic rings. The van der Waals surface area contributed by atoms with Crippen LogP contribution in [0.25, 0.3) is 21.7 Å². The zero-order valence-corrected chi connectivity index (χ0v) is 21.9. The molecule has 2 heterocycles. The Bertz CT molecular complexity index is 1930. The van der Waals surface area contributed by atoms with Crippen LogP contribution in [0, 0.1) is 13.4 Å². The average Bonchev–Trinajstić information content (AvgIpc) is 3.60. The molecule has 3 fully saturated rings. The third kappa shape index (κ3) is 4.97. The van der Waals surface area contributed by atoms with Crippen LogP contribution in [0.1, 0.15) is 35.4 Å². The highest BCUT2D eigenvalue weighted by molar-refractivity contribution is 7.89. The Morgan fingerprint density at radius 2 is 1.85 bits per heavy atom. The first-order valence-corrected chi connectivity index (χ1v) is 14.5. The highest BCUT2D eigenvalue weighted by atomic mass is 32.2. The molecule has 39 heavy (non-hydrogen) atoms. The largest absolute Gasteiger partial charge is 0.381 e. The highest BCUT2D eigenvalue weighted by Crippen LogP contribution is 2.58. The first kappa shape index (κ1) is 23.0. The van der Waals surface area contributed by atoms with E-state index in [4.69, 9.17) is 21.0 Å². The van der Waals surface area contributed by atoms with E-state index in [1.807, 2.05) is 0 Å². The van der Waals surface area contributed by atoms with Gasteiger partial charge in [0.05, 0.1) is 21.7 Å². The molecule has 2 bridgehead atoms. The average molecular weight is 571 g/mol. The van der Waals surface area contributed by atoms with Gasteiger partial charge in [0.15, 0.2) is 11.5 Å². The maximum Gasteiger partial charge on any atom is 0.294 e. The van der Waals surface area contributed by atoms with E-state index in [-0.39, 0.29) is 38.1 Å². The number of nitrogens with one attached hydrogen (secondary N) is 1. The first-order valence-electron chi connectivity index (χ1n) is 13.1. The van der Waals surface area contributed by atoms with E-state index in [1.165, 1.54) is 47.4 Å². The van der Waals surface area contributed by atoms with Crippen LogP contribution in [0.5, 0.6) is 0 Å². The molecule has 0 radical (unpaired) electrons. The molecule has 2 aromatic carbocycles. The summed E-state index contributed by atoms with van der Waals surface area (Å²) in [6.07, 6.45) is 4.87. The summed E-state index contributed by atoms with van der Waals surface area (Å²) in [6.45, 7) is 4.86. The summed E-state index contributed by atoms with van der Waals surface area (Å²) in [6, 6.07) is 11.3. The van der Waals surface area contributed by atoms with Gasteiger partial charge < -0.3 is 10.6 Å². The Kier molecular flexibility index (Phi) is 5.54. The smallest absolute Gasteiger partial charge is 0.294 e. The van der Waals surface area contributed by atoms with Crippen LogP contribution in [-0.2, 0) is 20.1 Å². The molecule has 12 nitrogen and oxygen atoms in total. The minimum Gasteiger partial charge on any atom is -0.381 e. The number of hydrogen-bond acceptors (Lipinski definition) is 8. The number of rotatable bonds is 5. The minimum atomic E-state index is -4.00. The number of nitrogen functional groups attached to an aromatic ring is 1. The Balaban J connectivity index is 0.000000300. The van der Waals surface area contributed by atoms with Crippen molar-refractivity contribution >= 4 is 31.6 Å². The molecule has 0 saturated heterocycles. The molecule has 0 atom stereocenters. The van der Waals surface area contributed by atoms with Gasteiger partial charge in [-0.15, -0.1) is 0 Å². The van der Waals surface area contributed by atoms with E-state index in [0.717, 1.165) is 0 Å².